The van der Waals surface area contributed by atoms with E-state index in [0.717, 1.165) is 25.3 Å². The Morgan fingerprint density at radius 1 is 1.07 bits per heavy atom. The molecule has 144 valence electrons. The SMILES string of the molecule is COc1ccc(C(=O)Nc2ccc(S(=O)(=O)N3CCCCC3)cc2)c(F)c1. The van der Waals surface area contributed by atoms with E-state index in [9.17, 15) is 17.6 Å². The molecule has 6 nitrogen and oxygen atoms in total. The summed E-state index contributed by atoms with van der Waals surface area (Å²) in [5.74, 6) is -1.01. The van der Waals surface area contributed by atoms with Crippen LogP contribution in [0.15, 0.2) is 47.4 Å². The Hall–Kier alpha value is -2.45. The van der Waals surface area contributed by atoms with Crippen molar-refractivity contribution in [3.63, 3.8) is 0 Å². The van der Waals surface area contributed by atoms with Gasteiger partial charge in [-0.25, -0.2) is 12.8 Å². The second-order valence-corrected chi connectivity index (χ2v) is 8.23. The Bertz CT molecular complexity index is 923. The highest BCUT2D eigenvalue weighted by Gasteiger charge is 2.25. The van der Waals surface area contributed by atoms with Crippen molar-refractivity contribution in [1.82, 2.24) is 4.31 Å². The van der Waals surface area contributed by atoms with Crippen molar-refractivity contribution in [2.24, 2.45) is 0 Å². The largest absolute Gasteiger partial charge is 0.497 e. The van der Waals surface area contributed by atoms with Crippen LogP contribution < -0.4 is 10.1 Å². The number of halogens is 1. The van der Waals surface area contributed by atoms with Gasteiger partial charge in [0.1, 0.15) is 11.6 Å². The molecule has 0 unspecified atom stereocenters. The third-order valence-electron chi connectivity index (χ3n) is 4.49. The number of nitrogens with one attached hydrogen (secondary N) is 1. The molecule has 0 bridgehead atoms. The Balaban J connectivity index is 1.73. The van der Waals surface area contributed by atoms with E-state index < -0.39 is 21.7 Å². The van der Waals surface area contributed by atoms with Crippen LogP contribution in [0.1, 0.15) is 29.6 Å². The van der Waals surface area contributed by atoms with Gasteiger partial charge in [-0.1, -0.05) is 6.42 Å². The minimum atomic E-state index is -3.53. The molecule has 2 aromatic carbocycles. The normalized spacial score (nSPS) is 15.3. The lowest BCUT2D eigenvalue weighted by Crippen LogP contribution is -2.35. The van der Waals surface area contributed by atoms with E-state index in [2.05, 4.69) is 5.32 Å². The fraction of sp³-hybridized carbons (Fsp3) is 0.316. The lowest BCUT2D eigenvalue weighted by molar-refractivity contribution is 0.102. The van der Waals surface area contributed by atoms with Crippen molar-refractivity contribution >= 4 is 21.6 Å². The van der Waals surface area contributed by atoms with Gasteiger partial charge in [0.05, 0.1) is 17.6 Å². The van der Waals surface area contributed by atoms with Crippen LogP contribution in [-0.4, -0.2) is 38.8 Å². The molecule has 1 N–H and O–H groups in total. The summed E-state index contributed by atoms with van der Waals surface area (Å²) < 4.78 is 45.6. The van der Waals surface area contributed by atoms with Crippen molar-refractivity contribution < 1.29 is 22.3 Å². The third kappa shape index (κ3) is 4.28. The zero-order valence-electron chi connectivity index (χ0n) is 14.9. The van der Waals surface area contributed by atoms with Gasteiger partial charge >= 0.3 is 0 Å². The number of hydrogen-bond acceptors (Lipinski definition) is 4. The van der Waals surface area contributed by atoms with Crippen molar-refractivity contribution in [1.29, 1.82) is 0 Å². The number of benzene rings is 2. The van der Waals surface area contributed by atoms with Gasteiger partial charge in [0, 0.05) is 24.8 Å². The highest BCUT2D eigenvalue weighted by molar-refractivity contribution is 7.89. The second kappa shape index (κ2) is 8.06. The zero-order valence-corrected chi connectivity index (χ0v) is 15.8. The summed E-state index contributed by atoms with van der Waals surface area (Å²) in [5.41, 5.74) is 0.258. The first-order valence-corrected chi connectivity index (χ1v) is 10.1. The Kier molecular flexibility index (Phi) is 5.76. The molecule has 8 heteroatoms. The fourth-order valence-corrected chi connectivity index (χ4v) is 4.49. The number of sulfonamides is 1. The smallest absolute Gasteiger partial charge is 0.258 e. The third-order valence-corrected chi connectivity index (χ3v) is 6.40. The van der Waals surface area contributed by atoms with Gasteiger partial charge in [0.25, 0.3) is 5.91 Å². The van der Waals surface area contributed by atoms with E-state index in [-0.39, 0.29) is 10.5 Å². The maximum absolute atomic E-state index is 14.0. The fourth-order valence-electron chi connectivity index (χ4n) is 2.97. The molecule has 2 aromatic rings. The predicted molar refractivity (Wildman–Crippen MR) is 100.0 cm³/mol. The predicted octanol–water partition coefficient (Wildman–Crippen LogP) is 3.26. The molecule has 1 aliphatic rings. The highest BCUT2D eigenvalue weighted by Crippen LogP contribution is 2.23. The van der Waals surface area contributed by atoms with Crippen LogP contribution in [0.5, 0.6) is 5.75 Å². The Morgan fingerprint density at radius 3 is 2.33 bits per heavy atom. The van der Waals surface area contributed by atoms with E-state index >= 15 is 0 Å². The summed E-state index contributed by atoms with van der Waals surface area (Å²) in [6, 6.07) is 9.84. The van der Waals surface area contributed by atoms with E-state index in [4.69, 9.17) is 4.74 Å². The van der Waals surface area contributed by atoms with Gasteiger partial charge in [-0.2, -0.15) is 4.31 Å². The lowest BCUT2D eigenvalue weighted by atomic mass is 10.2. The number of ether oxygens (including phenoxy) is 1. The van der Waals surface area contributed by atoms with Crippen molar-refractivity contribution in [3.05, 3.63) is 53.8 Å². The molecular formula is C19H21FN2O4S. The molecule has 1 saturated heterocycles. The first-order chi connectivity index (χ1) is 12.9. The average Bonchev–Trinajstić information content (AvgIpc) is 2.68. The van der Waals surface area contributed by atoms with Crippen LogP contribution in [0.3, 0.4) is 0 Å². The first kappa shape index (κ1) is 19.3. The van der Waals surface area contributed by atoms with Crippen LogP contribution in [0.25, 0.3) is 0 Å². The van der Waals surface area contributed by atoms with Gasteiger partial charge in [0.15, 0.2) is 0 Å². The monoisotopic (exact) mass is 392 g/mol. The molecular weight excluding hydrogens is 371 g/mol. The summed E-state index contributed by atoms with van der Waals surface area (Å²) in [5, 5.41) is 2.57. The van der Waals surface area contributed by atoms with Crippen LogP contribution in [0.2, 0.25) is 0 Å². The summed E-state index contributed by atoms with van der Waals surface area (Å²) in [4.78, 5) is 12.4. The standard InChI is InChI=1S/C19H21FN2O4S/c1-26-15-7-10-17(18(20)13-15)19(23)21-14-5-8-16(9-6-14)27(24,25)22-11-3-2-4-12-22/h5-10,13H,2-4,11-12H2,1H3,(H,21,23). The maximum atomic E-state index is 14.0. The number of piperidine rings is 1. The van der Waals surface area contributed by atoms with Gasteiger partial charge in [-0.05, 0) is 49.2 Å². The minimum absolute atomic E-state index is 0.124. The Labute approximate surface area is 158 Å². The zero-order chi connectivity index (χ0) is 19.4. The van der Waals surface area contributed by atoms with E-state index in [0.29, 0.717) is 24.5 Å². The molecule has 1 heterocycles. The van der Waals surface area contributed by atoms with Crippen LogP contribution >= 0.6 is 0 Å². The molecule has 1 amide bonds. The first-order valence-electron chi connectivity index (χ1n) is 8.67. The maximum Gasteiger partial charge on any atom is 0.258 e. The number of amides is 1. The number of methoxy groups -OCH3 is 1. The molecule has 1 aliphatic heterocycles. The molecule has 0 atom stereocenters. The molecule has 3 rings (SSSR count). The molecule has 27 heavy (non-hydrogen) atoms. The van der Waals surface area contributed by atoms with Gasteiger partial charge in [0.2, 0.25) is 10.0 Å². The van der Waals surface area contributed by atoms with Gasteiger partial charge < -0.3 is 10.1 Å². The lowest BCUT2D eigenvalue weighted by Gasteiger charge is -2.25. The topological polar surface area (TPSA) is 75.7 Å². The molecule has 0 spiro atoms. The summed E-state index contributed by atoms with van der Waals surface area (Å²) >= 11 is 0. The van der Waals surface area contributed by atoms with Crippen molar-refractivity contribution in [2.45, 2.75) is 24.2 Å². The van der Waals surface area contributed by atoms with Crippen LogP contribution in [-0.2, 0) is 10.0 Å². The quantitative estimate of drug-likeness (QED) is 0.847. The minimum Gasteiger partial charge on any atom is -0.497 e. The van der Waals surface area contributed by atoms with E-state index in [1.54, 1.807) is 0 Å². The van der Waals surface area contributed by atoms with Gasteiger partial charge in [-0.15, -0.1) is 0 Å². The Morgan fingerprint density at radius 2 is 1.74 bits per heavy atom. The number of carbonyl (C=O) groups excluding carboxylic acids is 1. The number of carbonyl (C=O) groups is 1. The molecule has 0 aliphatic carbocycles. The molecule has 0 radical (unpaired) electrons. The number of anilines is 1. The number of hydrogen-bond donors (Lipinski definition) is 1. The average molecular weight is 392 g/mol. The summed E-state index contributed by atoms with van der Waals surface area (Å²) in [6.07, 6.45) is 2.76. The van der Waals surface area contributed by atoms with Crippen molar-refractivity contribution in [3.8, 4) is 5.75 Å². The van der Waals surface area contributed by atoms with Crippen LogP contribution in [0.4, 0.5) is 10.1 Å². The number of rotatable bonds is 5. The second-order valence-electron chi connectivity index (χ2n) is 6.29. The van der Waals surface area contributed by atoms with Crippen molar-refractivity contribution in [2.75, 3.05) is 25.5 Å². The molecule has 1 fully saturated rings. The summed E-state index contributed by atoms with van der Waals surface area (Å²) in [7, 11) is -2.12. The summed E-state index contributed by atoms with van der Waals surface area (Å²) in [6.45, 7) is 1.05. The number of nitrogens with zero attached hydrogens (tertiary/aromatic N) is 1. The van der Waals surface area contributed by atoms with Gasteiger partial charge in [-0.3, -0.25) is 4.79 Å². The molecule has 0 saturated carbocycles. The van der Waals surface area contributed by atoms with E-state index in [1.165, 1.54) is 47.8 Å². The highest BCUT2D eigenvalue weighted by atomic mass is 32.2. The van der Waals surface area contributed by atoms with E-state index in [1.807, 2.05) is 0 Å². The molecule has 0 aromatic heterocycles. The van der Waals surface area contributed by atoms with Crippen LogP contribution in [0, 0.1) is 5.82 Å².